The first-order valence-electron chi connectivity index (χ1n) is 7.70. The van der Waals surface area contributed by atoms with Crippen molar-refractivity contribution >= 4 is 5.91 Å². The third-order valence-electron chi connectivity index (χ3n) is 4.30. The van der Waals surface area contributed by atoms with E-state index in [0.717, 1.165) is 19.4 Å². The van der Waals surface area contributed by atoms with Crippen molar-refractivity contribution in [2.75, 3.05) is 27.2 Å². The summed E-state index contributed by atoms with van der Waals surface area (Å²) in [6, 6.07) is 0. The lowest BCUT2D eigenvalue weighted by molar-refractivity contribution is -0.130. The molecule has 0 atom stereocenters. The molecule has 1 heterocycles. The first-order chi connectivity index (χ1) is 9.00. The maximum absolute atomic E-state index is 12.5. The summed E-state index contributed by atoms with van der Waals surface area (Å²) in [7, 11) is 3.90. The third-order valence-corrected chi connectivity index (χ3v) is 4.30. The van der Waals surface area contributed by atoms with E-state index in [1.807, 2.05) is 23.9 Å². The minimum Gasteiger partial charge on any atom is -0.314 e. The van der Waals surface area contributed by atoms with Crippen LogP contribution in [0.3, 0.4) is 0 Å². The van der Waals surface area contributed by atoms with Crippen LogP contribution in [0.4, 0.5) is 0 Å². The molecule has 0 unspecified atom stereocenters. The molecule has 1 aliphatic heterocycles. The highest BCUT2D eigenvalue weighted by Gasteiger charge is 2.39. The first kappa shape index (κ1) is 17.2. The van der Waals surface area contributed by atoms with E-state index in [4.69, 9.17) is 0 Å². The summed E-state index contributed by atoms with van der Waals surface area (Å²) in [5.41, 5.74) is 2.92. The summed E-state index contributed by atoms with van der Waals surface area (Å²) in [6.07, 6.45) is 2.13. The Morgan fingerprint density at radius 2 is 1.75 bits per heavy atom. The van der Waals surface area contributed by atoms with Gasteiger partial charge in [0, 0.05) is 17.7 Å². The smallest absolute Gasteiger partial charge is 0.240 e. The summed E-state index contributed by atoms with van der Waals surface area (Å²) in [5.74, 6) is 0.224. The van der Waals surface area contributed by atoms with Gasteiger partial charge in [0.1, 0.15) is 0 Å². The third kappa shape index (κ3) is 3.63. The highest BCUT2D eigenvalue weighted by Crippen LogP contribution is 2.45. The second-order valence-corrected chi connectivity index (χ2v) is 7.85. The summed E-state index contributed by atoms with van der Waals surface area (Å²) >= 11 is 0. The molecule has 0 saturated heterocycles. The maximum Gasteiger partial charge on any atom is 0.240 e. The minimum absolute atomic E-state index is 0.0141. The van der Waals surface area contributed by atoms with Crippen molar-refractivity contribution in [3.05, 3.63) is 11.3 Å². The molecule has 3 heteroatoms. The molecule has 20 heavy (non-hydrogen) atoms. The standard InChI is InChI=1S/C17H32N2O/c1-9-17(5,6)13-10-11-19(14(20)12-18(7)8)15(13)16(2,3)4/h9-12H2,1-8H3. The summed E-state index contributed by atoms with van der Waals surface area (Å²) in [6.45, 7) is 14.8. The molecule has 0 aliphatic carbocycles. The van der Waals surface area contributed by atoms with Crippen LogP contribution in [0.25, 0.3) is 0 Å². The number of allylic oxidation sites excluding steroid dienone is 1. The molecule has 0 bridgehead atoms. The van der Waals surface area contributed by atoms with Crippen molar-refractivity contribution in [1.29, 1.82) is 0 Å². The van der Waals surface area contributed by atoms with Crippen LogP contribution in [0.5, 0.6) is 0 Å². The van der Waals surface area contributed by atoms with Crippen molar-refractivity contribution < 1.29 is 4.79 Å². The van der Waals surface area contributed by atoms with Crippen molar-refractivity contribution in [3.63, 3.8) is 0 Å². The van der Waals surface area contributed by atoms with Gasteiger partial charge in [-0.1, -0.05) is 41.5 Å². The fraction of sp³-hybridized carbons (Fsp3) is 0.824. The molecule has 0 aromatic heterocycles. The number of amides is 1. The summed E-state index contributed by atoms with van der Waals surface area (Å²) in [4.78, 5) is 16.5. The Kier molecular flexibility index (Phi) is 5.07. The number of hydrogen-bond donors (Lipinski definition) is 0. The molecule has 0 N–H and O–H groups in total. The molecule has 1 rings (SSSR count). The molecule has 0 radical (unpaired) electrons. The molecule has 0 fully saturated rings. The Hall–Kier alpha value is -0.830. The Morgan fingerprint density at radius 3 is 2.15 bits per heavy atom. The summed E-state index contributed by atoms with van der Waals surface area (Å²) in [5, 5.41) is 0. The van der Waals surface area contributed by atoms with Crippen molar-refractivity contribution in [2.45, 2.75) is 54.4 Å². The fourth-order valence-electron chi connectivity index (χ4n) is 2.95. The predicted molar refractivity (Wildman–Crippen MR) is 85.4 cm³/mol. The average Bonchev–Trinajstić information content (AvgIpc) is 2.72. The Bertz CT molecular complexity index is 400. The van der Waals surface area contributed by atoms with E-state index in [0.29, 0.717) is 6.54 Å². The van der Waals surface area contributed by atoms with Gasteiger partial charge in [-0.05, 0) is 37.9 Å². The van der Waals surface area contributed by atoms with Crippen LogP contribution in [-0.2, 0) is 4.79 Å². The van der Waals surface area contributed by atoms with Gasteiger partial charge in [-0.3, -0.25) is 4.79 Å². The zero-order chi connectivity index (χ0) is 15.7. The zero-order valence-corrected chi connectivity index (χ0v) is 14.6. The molecule has 116 valence electrons. The first-order valence-corrected chi connectivity index (χ1v) is 7.70. The van der Waals surface area contributed by atoms with Gasteiger partial charge in [-0.25, -0.2) is 0 Å². The van der Waals surface area contributed by atoms with E-state index >= 15 is 0 Å². The van der Waals surface area contributed by atoms with Crippen molar-refractivity contribution in [1.82, 2.24) is 9.80 Å². The van der Waals surface area contributed by atoms with Gasteiger partial charge >= 0.3 is 0 Å². The second kappa shape index (κ2) is 5.88. The molecule has 0 spiro atoms. The lowest BCUT2D eigenvalue weighted by Crippen LogP contribution is -2.39. The number of carbonyl (C=O) groups excluding carboxylic acids is 1. The van der Waals surface area contributed by atoms with Gasteiger partial charge in [0.05, 0.1) is 6.54 Å². The lowest BCUT2D eigenvalue weighted by atomic mass is 9.76. The maximum atomic E-state index is 12.5. The van der Waals surface area contributed by atoms with Crippen molar-refractivity contribution in [2.24, 2.45) is 10.8 Å². The monoisotopic (exact) mass is 280 g/mol. The van der Waals surface area contributed by atoms with Crippen LogP contribution < -0.4 is 0 Å². The van der Waals surface area contributed by atoms with Crippen LogP contribution in [0.1, 0.15) is 54.4 Å². The Morgan fingerprint density at radius 1 is 1.20 bits per heavy atom. The van der Waals surface area contributed by atoms with E-state index in [2.05, 4.69) is 41.5 Å². The molecule has 1 amide bonds. The Labute approximate surface area is 125 Å². The van der Waals surface area contributed by atoms with E-state index in [9.17, 15) is 4.79 Å². The molecular formula is C17H32N2O. The topological polar surface area (TPSA) is 23.6 Å². The van der Waals surface area contributed by atoms with E-state index in [-0.39, 0.29) is 16.7 Å². The van der Waals surface area contributed by atoms with Crippen LogP contribution >= 0.6 is 0 Å². The number of rotatable bonds is 4. The van der Waals surface area contributed by atoms with Gasteiger partial charge in [-0.15, -0.1) is 0 Å². The van der Waals surface area contributed by atoms with Crippen molar-refractivity contribution in [3.8, 4) is 0 Å². The largest absolute Gasteiger partial charge is 0.314 e. The van der Waals surface area contributed by atoms with Gasteiger partial charge in [-0.2, -0.15) is 0 Å². The van der Waals surface area contributed by atoms with Gasteiger partial charge in [0.15, 0.2) is 0 Å². The number of hydrogen-bond acceptors (Lipinski definition) is 2. The molecular weight excluding hydrogens is 248 g/mol. The van der Waals surface area contributed by atoms with Gasteiger partial charge in [0.25, 0.3) is 0 Å². The van der Waals surface area contributed by atoms with Gasteiger partial charge in [0.2, 0.25) is 5.91 Å². The number of carbonyl (C=O) groups is 1. The normalized spacial score (nSPS) is 17.4. The highest BCUT2D eigenvalue weighted by atomic mass is 16.2. The van der Waals surface area contributed by atoms with Crippen LogP contribution in [0.15, 0.2) is 11.3 Å². The van der Waals surface area contributed by atoms with E-state index in [1.165, 1.54) is 11.3 Å². The minimum atomic E-state index is 0.0141. The van der Waals surface area contributed by atoms with Gasteiger partial charge < -0.3 is 9.80 Å². The predicted octanol–water partition coefficient (Wildman–Crippen LogP) is 3.52. The van der Waals surface area contributed by atoms with Crippen LogP contribution in [0, 0.1) is 10.8 Å². The molecule has 0 aromatic carbocycles. The Balaban J connectivity index is 3.21. The van der Waals surface area contributed by atoms with E-state index < -0.39 is 0 Å². The SMILES string of the molecule is CCC(C)(C)C1=C(C(C)(C)C)N(C(=O)CN(C)C)CC1. The molecule has 0 saturated carbocycles. The lowest BCUT2D eigenvalue weighted by Gasteiger charge is -2.35. The highest BCUT2D eigenvalue weighted by molar-refractivity contribution is 5.81. The number of likely N-dealkylation sites (N-methyl/N-ethyl adjacent to an activating group) is 1. The molecule has 0 aromatic rings. The molecule has 1 aliphatic rings. The second-order valence-electron chi connectivity index (χ2n) is 7.85. The van der Waals surface area contributed by atoms with Crippen LogP contribution in [-0.4, -0.2) is 42.9 Å². The molecule has 3 nitrogen and oxygen atoms in total. The summed E-state index contributed by atoms with van der Waals surface area (Å²) < 4.78 is 0. The van der Waals surface area contributed by atoms with Crippen LogP contribution in [0.2, 0.25) is 0 Å². The zero-order valence-electron chi connectivity index (χ0n) is 14.6. The van der Waals surface area contributed by atoms with E-state index in [1.54, 1.807) is 0 Å². The fourth-order valence-corrected chi connectivity index (χ4v) is 2.95. The number of nitrogens with zero attached hydrogens (tertiary/aromatic N) is 2. The quantitative estimate of drug-likeness (QED) is 0.786. The average molecular weight is 280 g/mol.